The molecule has 6 heteroatoms. The highest BCUT2D eigenvalue weighted by Gasteiger charge is 2.21. The summed E-state index contributed by atoms with van der Waals surface area (Å²) in [5.41, 5.74) is 6.29. The third-order valence-corrected chi connectivity index (χ3v) is 2.38. The fourth-order valence-corrected chi connectivity index (χ4v) is 1.61. The van der Waals surface area contributed by atoms with Gasteiger partial charge in [0.25, 0.3) is 0 Å². The molecular formula is C12H12N2O4. The van der Waals surface area contributed by atoms with Gasteiger partial charge in [0.15, 0.2) is 0 Å². The first-order valence-electron chi connectivity index (χ1n) is 5.35. The molecule has 0 fully saturated rings. The van der Waals surface area contributed by atoms with Crippen LogP contribution in [0.25, 0.3) is 11.1 Å². The average Bonchev–Trinajstić information content (AvgIpc) is 2.73. The summed E-state index contributed by atoms with van der Waals surface area (Å²) < 4.78 is 10.0. The average molecular weight is 248 g/mol. The second-order valence-corrected chi connectivity index (χ2v) is 3.53. The van der Waals surface area contributed by atoms with Crippen molar-refractivity contribution < 1.29 is 19.2 Å². The number of benzene rings is 1. The van der Waals surface area contributed by atoms with Gasteiger partial charge in [-0.2, -0.15) is 0 Å². The Balaban J connectivity index is 2.42. The molecule has 0 aliphatic carbocycles. The fourth-order valence-electron chi connectivity index (χ4n) is 1.61. The lowest BCUT2D eigenvalue weighted by Gasteiger charge is -2.04. The zero-order chi connectivity index (χ0) is 13.1. The number of rotatable bonds is 4. The van der Waals surface area contributed by atoms with Crippen LogP contribution in [0, 0.1) is 0 Å². The van der Waals surface area contributed by atoms with Crippen LogP contribution in [-0.2, 0) is 0 Å². The summed E-state index contributed by atoms with van der Waals surface area (Å²) in [4.78, 5) is 11.0. The number of aromatic nitrogens is 1. The summed E-state index contributed by atoms with van der Waals surface area (Å²) in [6.07, 6.45) is 0. The maximum Gasteiger partial charge on any atom is 0.358 e. The van der Waals surface area contributed by atoms with Gasteiger partial charge in [0, 0.05) is 0 Å². The van der Waals surface area contributed by atoms with Gasteiger partial charge in [-0.05, 0) is 24.6 Å². The van der Waals surface area contributed by atoms with Crippen LogP contribution < -0.4 is 10.5 Å². The largest absolute Gasteiger partial charge is 0.494 e. The molecule has 1 aromatic heterocycles. The van der Waals surface area contributed by atoms with Crippen LogP contribution in [0.15, 0.2) is 28.8 Å². The molecule has 0 unspecified atom stereocenters. The maximum absolute atomic E-state index is 11.0. The quantitative estimate of drug-likeness (QED) is 0.858. The highest BCUT2D eigenvalue weighted by atomic mass is 16.5. The summed E-state index contributed by atoms with van der Waals surface area (Å²) in [5.74, 6) is -0.496. The van der Waals surface area contributed by atoms with E-state index in [1.54, 1.807) is 24.3 Å². The molecule has 0 atom stereocenters. The second-order valence-electron chi connectivity index (χ2n) is 3.53. The van der Waals surface area contributed by atoms with E-state index in [9.17, 15) is 4.79 Å². The summed E-state index contributed by atoms with van der Waals surface area (Å²) in [6, 6.07) is 6.88. The van der Waals surface area contributed by atoms with E-state index in [2.05, 4.69) is 5.16 Å². The predicted octanol–water partition coefficient (Wildman–Crippen LogP) is 2.02. The Morgan fingerprint density at radius 2 is 2.11 bits per heavy atom. The zero-order valence-electron chi connectivity index (χ0n) is 9.71. The van der Waals surface area contributed by atoms with Gasteiger partial charge in [-0.1, -0.05) is 17.3 Å². The Morgan fingerprint density at radius 1 is 1.44 bits per heavy atom. The number of hydrogen-bond donors (Lipinski definition) is 2. The number of nitrogens with two attached hydrogens (primary N) is 1. The molecular weight excluding hydrogens is 236 g/mol. The predicted molar refractivity (Wildman–Crippen MR) is 64.5 cm³/mol. The van der Waals surface area contributed by atoms with Crippen molar-refractivity contribution in [1.82, 2.24) is 5.16 Å². The molecule has 0 amide bonds. The van der Waals surface area contributed by atoms with E-state index in [-0.39, 0.29) is 17.1 Å². The lowest BCUT2D eigenvalue weighted by atomic mass is 10.1. The second kappa shape index (κ2) is 4.79. The number of carboxylic acid groups (broad SMARTS) is 1. The van der Waals surface area contributed by atoms with Crippen molar-refractivity contribution in [2.45, 2.75) is 6.92 Å². The Bertz CT molecular complexity index is 560. The molecule has 1 heterocycles. The Kier molecular flexibility index (Phi) is 3.18. The first-order valence-corrected chi connectivity index (χ1v) is 5.35. The highest BCUT2D eigenvalue weighted by molar-refractivity contribution is 5.96. The van der Waals surface area contributed by atoms with Gasteiger partial charge in [0.1, 0.15) is 5.75 Å². The Hall–Kier alpha value is -2.50. The van der Waals surface area contributed by atoms with Gasteiger partial charge in [-0.25, -0.2) is 4.79 Å². The van der Waals surface area contributed by atoms with Crippen molar-refractivity contribution in [2.75, 3.05) is 12.3 Å². The van der Waals surface area contributed by atoms with Gasteiger partial charge >= 0.3 is 5.97 Å². The zero-order valence-corrected chi connectivity index (χ0v) is 9.71. The van der Waals surface area contributed by atoms with E-state index in [4.69, 9.17) is 20.1 Å². The minimum atomic E-state index is -1.18. The number of ether oxygens (including phenoxy) is 1. The summed E-state index contributed by atoms with van der Waals surface area (Å²) in [7, 11) is 0. The molecule has 0 bridgehead atoms. The summed E-state index contributed by atoms with van der Waals surface area (Å²) >= 11 is 0. The number of carbonyl (C=O) groups is 1. The van der Waals surface area contributed by atoms with E-state index in [1.165, 1.54) is 0 Å². The Labute approximate surface area is 103 Å². The molecule has 3 N–H and O–H groups in total. The minimum Gasteiger partial charge on any atom is -0.494 e. The molecule has 1 aromatic carbocycles. The molecule has 0 saturated carbocycles. The van der Waals surface area contributed by atoms with Crippen LogP contribution in [0.3, 0.4) is 0 Å². The SMILES string of the molecule is CCOc1ccc(-c2c(C(=O)O)noc2N)cc1. The molecule has 6 nitrogen and oxygen atoms in total. The lowest BCUT2D eigenvalue weighted by molar-refractivity contribution is 0.0686. The third kappa shape index (κ3) is 2.13. The van der Waals surface area contributed by atoms with Crippen molar-refractivity contribution in [3.63, 3.8) is 0 Å². The number of aromatic carboxylic acids is 1. The number of anilines is 1. The minimum absolute atomic E-state index is 0.0171. The topological polar surface area (TPSA) is 98.6 Å². The van der Waals surface area contributed by atoms with Gasteiger partial charge in [0.05, 0.1) is 12.2 Å². The van der Waals surface area contributed by atoms with Crippen molar-refractivity contribution in [3.8, 4) is 16.9 Å². The maximum atomic E-state index is 11.0. The molecule has 0 saturated heterocycles. The van der Waals surface area contributed by atoms with Crippen LogP contribution in [0.1, 0.15) is 17.4 Å². The molecule has 2 rings (SSSR count). The molecule has 0 radical (unpaired) electrons. The summed E-state index contributed by atoms with van der Waals surface area (Å²) in [6.45, 7) is 2.45. The number of nitrogens with zero attached hydrogens (tertiary/aromatic N) is 1. The Morgan fingerprint density at radius 3 is 2.67 bits per heavy atom. The fraction of sp³-hybridized carbons (Fsp3) is 0.167. The van der Waals surface area contributed by atoms with E-state index < -0.39 is 5.97 Å². The highest BCUT2D eigenvalue weighted by Crippen LogP contribution is 2.30. The van der Waals surface area contributed by atoms with E-state index in [0.717, 1.165) is 0 Å². The van der Waals surface area contributed by atoms with Crippen molar-refractivity contribution in [1.29, 1.82) is 0 Å². The normalized spacial score (nSPS) is 10.3. The number of carboxylic acids is 1. The van der Waals surface area contributed by atoms with Crippen LogP contribution in [0.4, 0.5) is 5.88 Å². The van der Waals surface area contributed by atoms with E-state index in [0.29, 0.717) is 17.9 Å². The first kappa shape index (κ1) is 12.0. The smallest absolute Gasteiger partial charge is 0.358 e. The van der Waals surface area contributed by atoms with E-state index >= 15 is 0 Å². The molecule has 0 aliphatic rings. The molecule has 0 aliphatic heterocycles. The van der Waals surface area contributed by atoms with Gasteiger partial charge in [-0.15, -0.1) is 0 Å². The lowest BCUT2D eigenvalue weighted by Crippen LogP contribution is -1.99. The number of hydrogen-bond acceptors (Lipinski definition) is 5. The number of nitrogen functional groups attached to an aromatic ring is 1. The van der Waals surface area contributed by atoms with Crippen LogP contribution in [0.5, 0.6) is 5.75 Å². The van der Waals surface area contributed by atoms with Crippen molar-refractivity contribution in [3.05, 3.63) is 30.0 Å². The monoisotopic (exact) mass is 248 g/mol. The van der Waals surface area contributed by atoms with Crippen LogP contribution in [-0.4, -0.2) is 22.8 Å². The van der Waals surface area contributed by atoms with Gasteiger partial charge < -0.3 is 20.1 Å². The molecule has 2 aromatic rings. The van der Waals surface area contributed by atoms with E-state index in [1.807, 2.05) is 6.92 Å². The van der Waals surface area contributed by atoms with Gasteiger partial charge in [0.2, 0.25) is 11.6 Å². The van der Waals surface area contributed by atoms with Crippen molar-refractivity contribution >= 4 is 11.9 Å². The molecule has 0 spiro atoms. The van der Waals surface area contributed by atoms with Gasteiger partial charge in [-0.3, -0.25) is 0 Å². The first-order chi connectivity index (χ1) is 8.63. The molecule has 94 valence electrons. The van der Waals surface area contributed by atoms with Crippen LogP contribution in [0.2, 0.25) is 0 Å². The summed E-state index contributed by atoms with van der Waals surface area (Å²) in [5, 5.41) is 12.4. The van der Waals surface area contributed by atoms with Crippen molar-refractivity contribution in [2.24, 2.45) is 0 Å². The standard InChI is InChI=1S/C12H12N2O4/c1-2-17-8-5-3-7(4-6-8)9-10(12(15)16)14-18-11(9)13/h3-6H,2,13H2,1H3,(H,15,16). The molecule has 18 heavy (non-hydrogen) atoms. The third-order valence-electron chi connectivity index (χ3n) is 2.38. The van der Waals surface area contributed by atoms with Crippen LogP contribution >= 0.6 is 0 Å².